The highest BCUT2D eigenvalue weighted by atomic mass is 16.3. The summed E-state index contributed by atoms with van der Waals surface area (Å²) in [5, 5.41) is 12.9. The fourth-order valence-corrected chi connectivity index (χ4v) is 2.28. The van der Waals surface area contributed by atoms with Crippen LogP contribution in [0, 0.1) is 0 Å². The number of carbonyl (C=O) groups is 1. The Bertz CT molecular complexity index is 591. The first-order valence-corrected chi connectivity index (χ1v) is 7.11. The Morgan fingerprint density at radius 1 is 1.43 bits per heavy atom. The van der Waals surface area contributed by atoms with E-state index in [1.807, 2.05) is 42.0 Å². The number of hydrogen-bond acceptors (Lipinski definition) is 3. The zero-order chi connectivity index (χ0) is 15.3. The molecule has 1 atom stereocenters. The monoisotopic (exact) mass is 287 g/mol. The quantitative estimate of drug-likeness (QED) is 0.854. The molecule has 0 spiro atoms. The van der Waals surface area contributed by atoms with Gasteiger partial charge in [-0.1, -0.05) is 31.5 Å². The summed E-state index contributed by atoms with van der Waals surface area (Å²) in [5.74, 6) is -0.343. The minimum atomic E-state index is -1.32. The van der Waals surface area contributed by atoms with Crippen molar-refractivity contribution in [3.63, 3.8) is 0 Å². The molecule has 0 radical (unpaired) electrons. The Labute approximate surface area is 124 Å². The minimum absolute atomic E-state index is 0.343. The van der Waals surface area contributed by atoms with Gasteiger partial charge < -0.3 is 15.0 Å². The second kappa shape index (κ2) is 6.54. The van der Waals surface area contributed by atoms with E-state index in [0.717, 1.165) is 17.7 Å². The average Bonchev–Trinajstić information content (AvgIpc) is 2.99. The predicted molar refractivity (Wildman–Crippen MR) is 80.9 cm³/mol. The van der Waals surface area contributed by atoms with Crippen LogP contribution in [0.15, 0.2) is 43.0 Å². The Balaban J connectivity index is 2.09. The number of imidazole rings is 1. The molecule has 1 unspecified atom stereocenters. The fraction of sp³-hybridized carbons (Fsp3) is 0.375. The fourth-order valence-electron chi connectivity index (χ4n) is 2.28. The zero-order valence-corrected chi connectivity index (χ0v) is 12.4. The highest BCUT2D eigenvalue weighted by Crippen LogP contribution is 2.15. The number of amides is 1. The molecule has 0 aliphatic carbocycles. The van der Waals surface area contributed by atoms with Crippen LogP contribution < -0.4 is 5.32 Å². The maximum absolute atomic E-state index is 12.0. The molecule has 0 saturated carbocycles. The summed E-state index contributed by atoms with van der Waals surface area (Å²) in [7, 11) is 0. The second-order valence-electron chi connectivity index (χ2n) is 5.31. The predicted octanol–water partition coefficient (Wildman–Crippen LogP) is 2.04. The third-order valence-electron chi connectivity index (χ3n) is 3.44. The van der Waals surface area contributed by atoms with E-state index in [1.54, 1.807) is 19.4 Å². The van der Waals surface area contributed by atoms with E-state index < -0.39 is 5.60 Å². The average molecular weight is 287 g/mol. The van der Waals surface area contributed by atoms with Gasteiger partial charge in [0, 0.05) is 18.9 Å². The normalized spacial score (nSPS) is 13.7. The van der Waals surface area contributed by atoms with Crippen LogP contribution in [-0.4, -0.2) is 26.2 Å². The molecule has 5 heteroatoms. The maximum atomic E-state index is 12.0. The second-order valence-corrected chi connectivity index (χ2v) is 5.31. The molecule has 1 aromatic heterocycles. The van der Waals surface area contributed by atoms with Gasteiger partial charge in [-0.2, -0.15) is 0 Å². The molecule has 2 rings (SSSR count). The molecule has 1 amide bonds. The van der Waals surface area contributed by atoms with Gasteiger partial charge in [0.25, 0.3) is 5.91 Å². The smallest absolute Gasteiger partial charge is 0.251 e. The van der Waals surface area contributed by atoms with E-state index in [0.29, 0.717) is 13.0 Å². The van der Waals surface area contributed by atoms with E-state index in [2.05, 4.69) is 10.3 Å². The van der Waals surface area contributed by atoms with Gasteiger partial charge in [0.05, 0.1) is 12.0 Å². The zero-order valence-electron chi connectivity index (χ0n) is 12.4. The van der Waals surface area contributed by atoms with Crippen LogP contribution in [0.25, 0.3) is 5.69 Å². The van der Waals surface area contributed by atoms with Crippen molar-refractivity contribution in [3.05, 3.63) is 48.5 Å². The van der Waals surface area contributed by atoms with Crippen molar-refractivity contribution < 1.29 is 9.90 Å². The summed E-state index contributed by atoms with van der Waals surface area (Å²) in [5.41, 5.74) is 0.611. The maximum Gasteiger partial charge on any atom is 0.251 e. The van der Waals surface area contributed by atoms with E-state index in [-0.39, 0.29) is 5.91 Å². The van der Waals surface area contributed by atoms with Gasteiger partial charge in [0.1, 0.15) is 5.60 Å². The lowest BCUT2D eigenvalue weighted by Gasteiger charge is -2.22. The lowest BCUT2D eigenvalue weighted by atomic mass is 9.99. The third kappa shape index (κ3) is 3.70. The lowest BCUT2D eigenvalue weighted by Crippen LogP contribution is -2.44. The van der Waals surface area contributed by atoms with Crippen molar-refractivity contribution in [1.29, 1.82) is 0 Å². The summed E-state index contributed by atoms with van der Waals surface area (Å²) < 4.78 is 1.89. The number of rotatable bonds is 6. The summed E-state index contributed by atoms with van der Waals surface area (Å²) in [6.45, 7) is 3.86. The summed E-state index contributed by atoms with van der Waals surface area (Å²) in [4.78, 5) is 16.1. The molecule has 112 valence electrons. The highest BCUT2D eigenvalue weighted by Gasteiger charge is 2.28. The van der Waals surface area contributed by atoms with Crippen LogP contribution in [0.1, 0.15) is 32.3 Å². The Hall–Kier alpha value is -2.14. The third-order valence-corrected chi connectivity index (χ3v) is 3.44. The molecule has 21 heavy (non-hydrogen) atoms. The first kappa shape index (κ1) is 15.3. The van der Waals surface area contributed by atoms with Crippen molar-refractivity contribution in [2.75, 3.05) is 0 Å². The number of carbonyl (C=O) groups excluding carboxylic acids is 1. The van der Waals surface area contributed by atoms with Crippen LogP contribution in [0.2, 0.25) is 0 Å². The molecule has 1 aromatic carbocycles. The van der Waals surface area contributed by atoms with Crippen molar-refractivity contribution in [2.24, 2.45) is 0 Å². The molecule has 2 N–H and O–H groups in total. The van der Waals surface area contributed by atoms with Gasteiger partial charge >= 0.3 is 0 Å². The van der Waals surface area contributed by atoms with Gasteiger partial charge in [-0.15, -0.1) is 0 Å². The van der Waals surface area contributed by atoms with Crippen molar-refractivity contribution >= 4 is 5.91 Å². The molecule has 1 heterocycles. The van der Waals surface area contributed by atoms with E-state index in [9.17, 15) is 9.90 Å². The molecule has 0 aliphatic rings. The molecule has 0 saturated heterocycles. The Morgan fingerprint density at radius 3 is 2.86 bits per heavy atom. The SMILES string of the molecule is CCCC(C)(O)C(=O)NCc1ccccc1-n1ccnc1. The van der Waals surface area contributed by atoms with Crippen LogP contribution in [0.3, 0.4) is 0 Å². The summed E-state index contributed by atoms with van der Waals surface area (Å²) in [6.07, 6.45) is 6.48. The molecule has 0 aliphatic heterocycles. The molecular formula is C16H21N3O2. The Morgan fingerprint density at radius 2 is 2.19 bits per heavy atom. The van der Waals surface area contributed by atoms with Crippen LogP contribution in [-0.2, 0) is 11.3 Å². The molecular weight excluding hydrogens is 266 g/mol. The standard InChI is InChI=1S/C16H21N3O2/c1-3-8-16(2,21)15(20)18-11-13-6-4-5-7-14(13)19-10-9-17-12-19/h4-7,9-10,12,21H,3,8,11H2,1-2H3,(H,18,20). The number of nitrogens with zero attached hydrogens (tertiary/aromatic N) is 2. The van der Waals surface area contributed by atoms with Crippen LogP contribution in [0.5, 0.6) is 0 Å². The largest absolute Gasteiger partial charge is 0.380 e. The summed E-state index contributed by atoms with van der Waals surface area (Å²) in [6, 6.07) is 7.78. The van der Waals surface area contributed by atoms with Gasteiger partial charge in [-0.05, 0) is 25.0 Å². The number of hydrogen-bond donors (Lipinski definition) is 2. The van der Waals surface area contributed by atoms with Crippen molar-refractivity contribution in [1.82, 2.24) is 14.9 Å². The lowest BCUT2D eigenvalue weighted by molar-refractivity contribution is -0.138. The first-order chi connectivity index (χ1) is 10.0. The number of para-hydroxylation sites is 1. The van der Waals surface area contributed by atoms with Crippen LogP contribution in [0.4, 0.5) is 0 Å². The van der Waals surface area contributed by atoms with Gasteiger partial charge in [0.15, 0.2) is 0 Å². The number of aliphatic hydroxyl groups is 1. The van der Waals surface area contributed by atoms with E-state index in [1.165, 1.54) is 0 Å². The number of benzene rings is 1. The topological polar surface area (TPSA) is 67.2 Å². The minimum Gasteiger partial charge on any atom is -0.380 e. The van der Waals surface area contributed by atoms with Gasteiger partial charge in [0.2, 0.25) is 0 Å². The van der Waals surface area contributed by atoms with Crippen molar-refractivity contribution in [2.45, 2.75) is 38.8 Å². The van der Waals surface area contributed by atoms with Crippen molar-refractivity contribution in [3.8, 4) is 5.69 Å². The molecule has 0 bridgehead atoms. The molecule has 0 fully saturated rings. The van der Waals surface area contributed by atoms with E-state index in [4.69, 9.17) is 0 Å². The van der Waals surface area contributed by atoms with Crippen LogP contribution >= 0.6 is 0 Å². The summed E-state index contributed by atoms with van der Waals surface area (Å²) >= 11 is 0. The molecule has 5 nitrogen and oxygen atoms in total. The highest BCUT2D eigenvalue weighted by molar-refractivity contribution is 5.84. The number of nitrogens with one attached hydrogen (secondary N) is 1. The number of aromatic nitrogens is 2. The Kier molecular flexibility index (Phi) is 4.75. The van der Waals surface area contributed by atoms with Gasteiger partial charge in [-0.3, -0.25) is 4.79 Å². The van der Waals surface area contributed by atoms with E-state index >= 15 is 0 Å². The van der Waals surface area contributed by atoms with Gasteiger partial charge in [-0.25, -0.2) is 4.98 Å². The first-order valence-electron chi connectivity index (χ1n) is 7.11. The molecule has 2 aromatic rings.